The van der Waals surface area contributed by atoms with Crippen molar-refractivity contribution in [1.29, 1.82) is 0 Å². The fraction of sp³-hybridized carbons (Fsp3) is 0.571. The van der Waals surface area contributed by atoms with Crippen LogP contribution in [0, 0.1) is 17.6 Å². The first-order valence-corrected chi connectivity index (χ1v) is 6.42. The SMILES string of the molecule is CC1CC(N)CN(C(C)c2ccc(F)cc2F)C1. The number of benzene rings is 1. The number of halogens is 2. The van der Waals surface area contributed by atoms with Crippen LogP contribution in [-0.4, -0.2) is 24.0 Å². The molecule has 2 nitrogen and oxygen atoms in total. The largest absolute Gasteiger partial charge is 0.327 e. The molecule has 2 rings (SSSR count). The Labute approximate surface area is 107 Å². The Bertz CT molecular complexity index is 412. The van der Waals surface area contributed by atoms with E-state index in [2.05, 4.69) is 11.8 Å². The van der Waals surface area contributed by atoms with E-state index in [0.717, 1.165) is 25.6 Å². The monoisotopic (exact) mass is 254 g/mol. The van der Waals surface area contributed by atoms with Crippen LogP contribution in [0.1, 0.15) is 31.9 Å². The molecule has 1 aliphatic heterocycles. The van der Waals surface area contributed by atoms with Crippen molar-refractivity contribution in [2.75, 3.05) is 13.1 Å². The van der Waals surface area contributed by atoms with Crippen LogP contribution in [0.4, 0.5) is 8.78 Å². The Morgan fingerprint density at radius 3 is 2.67 bits per heavy atom. The maximum atomic E-state index is 13.8. The number of piperidine rings is 1. The third-order valence-electron chi connectivity index (χ3n) is 3.68. The zero-order valence-corrected chi connectivity index (χ0v) is 10.9. The molecule has 3 atom stereocenters. The van der Waals surface area contributed by atoms with E-state index < -0.39 is 11.6 Å². The van der Waals surface area contributed by atoms with E-state index in [4.69, 9.17) is 5.73 Å². The van der Waals surface area contributed by atoms with Crippen LogP contribution in [0.3, 0.4) is 0 Å². The summed E-state index contributed by atoms with van der Waals surface area (Å²) in [6.07, 6.45) is 1.01. The molecule has 1 aliphatic rings. The summed E-state index contributed by atoms with van der Waals surface area (Å²) >= 11 is 0. The number of hydrogen-bond donors (Lipinski definition) is 1. The molecule has 100 valence electrons. The average molecular weight is 254 g/mol. The molecule has 0 spiro atoms. The lowest BCUT2D eigenvalue weighted by atomic mass is 9.94. The fourth-order valence-corrected chi connectivity index (χ4v) is 2.80. The molecule has 0 aromatic heterocycles. The summed E-state index contributed by atoms with van der Waals surface area (Å²) in [6.45, 7) is 5.77. The van der Waals surface area contributed by atoms with Gasteiger partial charge in [0, 0.05) is 36.8 Å². The van der Waals surface area contributed by atoms with Gasteiger partial charge in [-0.05, 0) is 25.3 Å². The standard InChI is InChI=1S/C14H20F2N2/c1-9-5-12(17)8-18(7-9)10(2)13-4-3-11(15)6-14(13)16/h3-4,6,9-10,12H,5,7-8,17H2,1-2H3. The van der Waals surface area contributed by atoms with Gasteiger partial charge in [0.25, 0.3) is 0 Å². The third-order valence-corrected chi connectivity index (χ3v) is 3.68. The maximum Gasteiger partial charge on any atom is 0.130 e. The number of rotatable bonds is 2. The molecule has 2 N–H and O–H groups in total. The van der Waals surface area contributed by atoms with Gasteiger partial charge in [0.1, 0.15) is 11.6 Å². The molecule has 1 aromatic rings. The van der Waals surface area contributed by atoms with Gasteiger partial charge in [-0.1, -0.05) is 13.0 Å². The zero-order chi connectivity index (χ0) is 13.3. The topological polar surface area (TPSA) is 29.3 Å². The van der Waals surface area contributed by atoms with Crippen LogP contribution in [0.2, 0.25) is 0 Å². The summed E-state index contributed by atoms with van der Waals surface area (Å²) in [4.78, 5) is 2.18. The first kappa shape index (κ1) is 13.4. The molecule has 1 aromatic carbocycles. The van der Waals surface area contributed by atoms with Crippen molar-refractivity contribution >= 4 is 0 Å². The van der Waals surface area contributed by atoms with Gasteiger partial charge in [0.15, 0.2) is 0 Å². The van der Waals surface area contributed by atoms with Gasteiger partial charge in [0.2, 0.25) is 0 Å². The van der Waals surface area contributed by atoms with Crippen LogP contribution < -0.4 is 5.73 Å². The highest BCUT2D eigenvalue weighted by atomic mass is 19.1. The van der Waals surface area contributed by atoms with Crippen LogP contribution in [0.5, 0.6) is 0 Å². The minimum atomic E-state index is -0.535. The molecule has 0 aliphatic carbocycles. The van der Waals surface area contributed by atoms with Crippen molar-refractivity contribution in [2.45, 2.75) is 32.4 Å². The molecule has 0 bridgehead atoms. The summed E-state index contributed by atoms with van der Waals surface area (Å²) in [5.74, 6) is -0.499. The molecular formula is C14H20F2N2. The summed E-state index contributed by atoms with van der Waals surface area (Å²) in [5, 5.41) is 0. The van der Waals surface area contributed by atoms with E-state index >= 15 is 0 Å². The van der Waals surface area contributed by atoms with Crippen molar-refractivity contribution in [3.05, 3.63) is 35.4 Å². The highest BCUT2D eigenvalue weighted by Crippen LogP contribution is 2.27. The number of likely N-dealkylation sites (tertiary alicyclic amines) is 1. The number of hydrogen-bond acceptors (Lipinski definition) is 2. The van der Waals surface area contributed by atoms with Crippen molar-refractivity contribution in [3.8, 4) is 0 Å². The zero-order valence-electron chi connectivity index (χ0n) is 10.9. The van der Waals surface area contributed by atoms with E-state index in [1.807, 2.05) is 6.92 Å². The molecule has 0 amide bonds. The first-order chi connectivity index (χ1) is 8.47. The van der Waals surface area contributed by atoms with E-state index in [0.29, 0.717) is 11.5 Å². The number of nitrogens with two attached hydrogens (primary N) is 1. The second-order valence-corrected chi connectivity index (χ2v) is 5.40. The second kappa shape index (κ2) is 5.33. The highest BCUT2D eigenvalue weighted by Gasteiger charge is 2.27. The molecule has 4 heteroatoms. The molecular weight excluding hydrogens is 234 g/mol. The quantitative estimate of drug-likeness (QED) is 0.879. The third kappa shape index (κ3) is 2.87. The van der Waals surface area contributed by atoms with E-state index in [1.54, 1.807) is 0 Å². The second-order valence-electron chi connectivity index (χ2n) is 5.40. The molecule has 1 heterocycles. The summed E-state index contributed by atoms with van der Waals surface area (Å²) in [6, 6.07) is 3.85. The van der Waals surface area contributed by atoms with Crippen LogP contribution in [-0.2, 0) is 0 Å². The Hall–Kier alpha value is -1.00. The Kier molecular flexibility index (Phi) is 3.97. The number of nitrogens with zero attached hydrogens (tertiary/aromatic N) is 1. The Balaban J connectivity index is 2.17. The molecule has 3 unspecified atom stereocenters. The minimum absolute atomic E-state index is 0.0700. The van der Waals surface area contributed by atoms with E-state index in [-0.39, 0.29) is 12.1 Å². The molecule has 1 fully saturated rings. The van der Waals surface area contributed by atoms with Gasteiger partial charge >= 0.3 is 0 Å². The smallest absolute Gasteiger partial charge is 0.130 e. The average Bonchev–Trinajstić information content (AvgIpc) is 2.26. The van der Waals surface area contributed by atoms with Gasteiger partial charge in [-0.3, -0.25) is 4.90 Å². The van der Waals surface area contributed by atoms with Crippen molar-refractivity contribution < 1.29 is 8.78 Å². The maximum absolute atomic E-state index is 13.8. The van der Waals surface area contributed by atoms with Crippen molar-refractivity contribution in [3.63, 3.8) is 0 Å². The minimum Gasteiger partial charge on any atom is -0.327 e. The first-order valence-electron chi connectivity index (χ1n) is 6.42. The van der Waals surface area contributed by atoms with Crippen LogP contribution >= 0.6 is 0 Å². The van der Waals surface area contributed by atoms with Crippen LogP contribution in [0.15, 0.2) is 18.2 Å². The van der Waals surface area contributed by atoms with Gasteiger partial charge in [0.05, 0.1) is 0 Å². The Morgan fingerprint density at radius 1 is 1.33 bits per heavy atom. The van der Waals surface area contributed by atoms with E-state index in [1.165, 1.54) is 12.1 Å². The van der Waals surface area contributed by atoms with Gasteiger partial charge in [-0.2, -0.15) is 0 Å². The fourth-order valence-electron chi connectivity index (χ4n) is 2.80. The van der Waals surface area contributed by atoms with Gasteiger partial charge < -0.3 is 5.73 Å². The summed E-state index contributed by atoms with van der Waals surface area (Å²) in [5.41, 5.74) is 6.54. The van der Waals surface area contributed by atoms with Crippen molar-refractivity contribution in [2.24, 2.45) is 11.7 Å². The lowest BCUT2D eigenvalue weighted by Crippen LogP contribution is -2.47. The van der Waals surface area contributed by atoms with E-state index in [9.17, 15) is 8.78 Å². The van der Waals surface area contributed by atoms with Crippen LogP contribution in [0.25, 0.3) is 0 Å². The van der Waals surface area contributed by atoms with Gasteiger partial charge in [-0.15, -0.1) is 0 Å². The highest BCUT2D eigenvalue weighted by molar-refractivity contribution is 5.22. The predicted molar refractivity (Wildman–Crippen MR) is 68.1 cm³/mol. The molecule has 0 radical (unpaired) electrons. The Morgan fingerprint density at radius 2 is 2.06 bits per heavy atom. The predicted octanol–water partition coefficient (Wildman–Crippen LogP) is 2.69. The van der Waals surface area contributed by atoms with Crippen molar-refractivity contribution in [1.82, 2.24) is 4.90 Å². The lowest BCUT2D eigenvalue weighted by Gasteiger charge is -2.38. The van der Waals surface area contributed by atoms with Gasteiger partial charge in [-0.25, -0.2) is 8.78 Å². The molecule has 1 saturated heterocycles. The molecule has 18 heavy (non-hydrogen) atoms. The molecule has 0 saturated carbocycles. The summed E-state index contributed by atoms with van der Waals surface area (Å²) < 4.78 is 26.7. The lowest BCUT2D eigenvalue weighted by molar-refractivity contribution is 0.122. The summed E-state index contributed by atoms with van der Waals surface area (Å²) in [7, 11) is 0. The normalized spacial score (nSPS) is 27.2.